The van der Waals surface area contributed by atoms with Gasteiger partial charge in [0.05, 0.1) is 0 Å². The number of hydrogen-bond acceptors (Lipinski definition) is 4. The largest absolute Gasteiger partial charge is 0.326 e. The van der Waals surface area contributed by atoms with E-state index >= 15 is 0 Å². The minimum Gasteiger partial charge on any atom is -0.262 e. The Bertz CT molecular complexity index is 242. The highest BCUT2D eigenvalue weighted by Gasteiger charge is 2.31. The maximum Gasteiger partial charge on any atom is 0.326 e. The molecule has 9 heavy (non-hydrogen) atoms. The minimum atomic E-state index is -3.84. The number of nitrogens with one attached hydrogen (secondary N) is 2. The van der Waals surface area contributed by atoms with E-state index in [1.54, 1.807) is 0 Å². The number of amides is 2. The van der Waals surface area contributed by atoms with Crippen molar-refractivity contribution in [3.05, 3.63) is 0 Å². The SMILES string of the molecule is O=C1NS(=O)(=O)NC1=O. The molecule has 1 aliphatic rings. The van der Waals surface area contributed by atoms with E-state index in [9.17, 15) is 18.0 Å². The first-order valence-electron chi connectivity index (χ1n) is 1.90. The predicted molar refractivity (Wildman–Crippen MR) is 25.2 cm³/mol. The van der Waals surface area contributed by atoms with Gasteiger partial charge < -0.3 is 0 Å². The van der Waals surface area contributed by atoms with E-state index in [4.69, 9.17) is 0 Å². The molecule has 0 aromatic heterocycles. The molecule has 0 saturated carbocycles. The van der Waals surface area contributed by atoms with Crippen molar-refractivity contribution in [1.29, 1.82) is 0 Å². The third kappa shape index (κ3) is 0.992. The van der Waals surface area contributed by atoms with Crippen molar-refractivity contribution in [3.8, 4) is 0 Å². The lowest BCUT2D eigenvalue weighted by molar-refractivity contribution is -0.135. The standard InChI is InChI=1S/C2H2N2O4S/c5-1-2(6)4-9(7,8)3-1/h(H,3,5)(H,4,6). The summed E-state index contributed by atoms with van der Waals surface area (Å²) in [6, 6.07) is 0. The first kappa shape index (κ1) is 6.02. The second-order valence-electron chi connectivity index (χ2n) is 1.37. The van der Waals surface area contributed by atoms with Crippen molar-refractivity contribution in [2.75, 3.05) is 0 Å². The predicted octanol–water partition coefficient (Wildman–Crippen LogP) is -2.52. The molecule has 1 fully saturated rings. The van der Waals surface area contributed by atoms with Crippen molar-refractivity contribution >= 4 is 22.0 Å². The first-order valence-corrected chi connectivity index (χ1v) is 3.38. The molecule has 2 N–H and O–H groups in total. The Morgan fingerprint density at radius 2 is 1.33 bits per heavy atom. The van der Waals surface area contributed by atoms with Crippen LogP contribution in [0.5, 0.6) is 0 Å². The van der Waals surface area contributed by atoms with Crippen LogP contribution in [-0.4, -0.2) is 20.2 Å². The number of rotatable bonds is 0. The fourth-order valence-corrected chi connectivity index (χ4v) is 1.09. The molecule has 0 atom stereocenters. The molecule has 7 heteroatoms. The molecule has 0 radical (unpaired) electrons. The zero-order chi connectivity index (χ0) is 7.07. The van der Waals surface area contributed by atoms with Crippen LogP contribution in [0.25, 0.3) is 0 Å². The monoisotopic (exact) mass is 150 g/mol. The lowest BCUT2D eigenvalue weighted by atomic mass is 10.6. The molecule has 0 aromatic rings. The van der Waals surface area contributed by atoms with Gasteiger partial charge in [0.25, 0.3) is 0 Å². The summed E-state index contributed by atoms with van der Waals surface area (Å²) in [5.41, 5.74) is 0. The lowest BCUT2D eigenvalue weighted by Crippen LogP contribution is -2.24. The molecular formula is C2H2N2O4S. The Balaban J connectivity index is 3.03. The Morgan fingerprint density at radius 3 is 1.44 bits per heavy atom. The van der Waals surface area contributed by atoms with Gasteiger partial charge in [0.2, 0.25) is 0 Å². The van der Waals surface area contributed by atoms with Crippen molar-refractivity contribution in [2.45, 2.75) is 0 Å². The molecule has 0 aromatic carbocycles. The molecule has 0 aliphatic carbocycles. The highest BCUT2D eigenvalue weighted by Crippen LogP contribution is 1.86. The van der Waals surface area contributed by atoms with Crippen LogP contribution < -0.4 is 9.44 Å². The summed E-state index contributed by atoms with van der Waals surface area (Å²) in [4.78, 5) is 20.2. The van der Waals surface area contributed by atoms with Gasteiger partial charge in [0, 0.05) is 0 Å². The van der Waals surface area contributed by atoms with E-state index in [1.807, 2.05) is 0 Å². The van der Waals surface area contributed by atoms with Gasteiger partial charge in [0.1, 0.15) is 0 Å². The van der Waals surface area contributed by atoms with Crippen LogP contribution in [0, 0.1) is 0 Å². The van der Waals surface area contributed by atoms with Gasteiger partial charge >= 0.3 is 22.0 Å². The second kappa shape index (κ2) is 1.44. The maximum atomic E-state index is 10.2. The Kier molecular flexibility index (Phi) is 0.962. The van der Waals surface area contributed by atoms with Gasteiger partial charge in [-0.05, 0) is 0 Å². The summed E-state index contributed by atoms with van der Waals surface area (Å²) in [5, 5.41) is 0. The Morgan fingerprint density at radius 1 is 1.00 bits per heavy atom. The number of carbonyl (C=O) groups is 2. The van der Waals surface area contributed by atoms with Gasteiger partial charge in [-0.25, -0.2) is 9.44 Å². The summed E-state index contributed by atoms with van der Waals surface area (Å²) < 4.78 is 23.2. The average molecular weight is 150 g/mol. The van der Waals surface area contributed by atoms with Crippen LogP contribution in [0.1, 0.15) is 0 Å². The summed E-state index contributed by atoms with van der Waals surface area (Å²) in [6.07, 6.45) is 0. The topological polar surface area (TPSA) is 92.3 Å². The van der Waals surface area contributed by atoms with Crippen LogP contribution in [0.15, 0.2) is 0 Å². The van der Waals surface area contributed by atoms with Crippen LogP contribution >= 0.6 is 0 Å². The lowest BCUT2D eigenvalue weighted by Gasteiger charge is -1.85. The van der Waals surface area contributed by atoms with Crippen LogP contribution in [0.3, 0.4) is 0 Å². The number of carbonyl (C=O) groups excluding carboxylic acids is 2. The molecule has 0 bridgehead atoms. The van der Waals surface area contributed by atoms with Crippen molar-refractivity contribution in [1.82, 2.24) is 9.44 Å². The second-order valence-corrected chi connectivity index (χ2v) is 2.78. The normalized spacial score (nSPS) is 23.1. The molecule has 0 spiro atoms. The van der Waals surface area contributed by atoms with Gasteiger partial charge in [-0.1, -0.05) is 0 Å². The quantitative estimate of drug-likeness (QED) is 0.372. The summed E-state index contributed by atoms with van der Waals surface area (Å²) in [6.45, 7) is 0. The van der Waals surface area contributed by atoms with Crippen LogP contribution in [0.4, 0.5) is 0 Å². The van der Waals surface area contributed by atoms with E-state index in [0.29, 0.717) is 0 Å². The summed E-state index contributed by atoms with van der Waals surface area (Å²) in [5.74, 6) is -2.29. The van der Waals surface area contributed by atoms with Crippen molar-refractivity contribution < 1.29 is 18.0 Å². The third-order valence-electron chi connectivity index (χ3n) is 0.660. The molecule has 1 heterocycles. The molecule has 2 amide bonds. The van der Waals surface area contributed by atoms with Crippen molar-refractivity contribution in [2.24, 2.45) is 0 Å². The zero-order valence-electron chi connectivity index (χ0n) is 4.04. The van der Waals surface area contributed by atoms with E-state index in [-0.39, 0.29) is 0 Å². The third-order valence-corrected chi connectivity index (χ3v) is 1.57. The maximum absolute atomic E-state index is 10.2. The van der Waals surface area contributed by atoms with Gasteiger partial charge in [0.15, 0.2) is 0 Å². The Hall–Kier alpha value is -1.11. The van der Waals surface area contributed by atoms with E-state index in [2.05, 4.69) is 0 Å². The van der Waals surface area contributed by atoms with E-state index in [0.717, 1.165) is 0 Å². The van der Waals surface area contributed by atoms with Crippen molar-refractivity contribution in [3.63, 3.8) is 0 Å². The fraction of sp³-hybridized carbons (Fsp3) is 0. The molecular weight excluding hydrogens is 148 g/mol. The minimum absolute atomic E-state index is 1.14. The molecule has 50 valence electrons. The Labute approximate surface area is 50.4 Å². The van der Waals surface area contributed by atoms with E-state index in [1.165, 1.54) is 9.44 Å². The molecule has 1 aliphatic heterocycles. The summed E-state index contributed by atoms with van der Waals surface area (Å²) >= 11 is 0. The fourth-order valence-electron chi connectivity index (χ4n) is 0.362. The highest BCUT2D eigenvalue weighted by atomic mass is 32.2. The van der Waals surface area contributed by atoms with E-state index < -0.39 is 22.0 Å². The molecule has 0 unspecified atom stereocenters. The molecule has 1 saturated heterocycles. The van der Waals surface area contributed by atoms with Gasteiger partial charge in [-0.2, -0.15) is 8.42 Å². The summed E-state index contributed by atoms with van der Waals surface area (Å²) in [7, 11) is -3.84. The zero-order valence-corrected chi connectivity index (χ0v) is 4.86. The first-order chi connectivity index (χ1) is 4.01. The van der Waals surface area contributed by atoms with Crippen LogP contribution in [-0.2, 0) is 19.8 Å². The van der Waals surface area contributed by atoms with Crippen LogP contribution in [0.2, 0.25) is 0 Å². The molecule has 6 nitrogen and oxygen atoms in total. The average Bonchev–Trinajstić information content (AvgIpc) is 1.79. The van der Waals surface area contributed by atoms with Gasteiger partial charge in [-0.15, -0.1) is 0 Å². The number of hydrogen-bond donors (Lipinski definition) is 2. The smallest absolute Gasteiger partial charge is 0.262 e. The highest BCUT2D eigenvalue weighted by molar-refractivity contribution is 7.89. The van der Waals surface area contributed by atoms with Gasteiger partial charge in [-0.3, -0.25) is 9.59 Å². The molecule has 1 rings (SSSR count).